The smallest absolute Gasteiger partial charge is 0.129 e. The highest BCUT2D eigenvalue weighted by Crippen LogP contribution is 2.41. The van der Waals surface area contributed by atoms with E-state index in [0.29, 0.717) is 23.8 Å². The summed E-state index contributed by atoms with van der Waals surface area (Å²) in [7, 11) is 0. The molecule has 0 spiro atoms. The van der Waals surface area contributed by atoms with Gasteiger partial charge in [0.2, 0.25) is 0 Å². The molecule has 0 aromatic heterocycles. The topological polar surface area (TPSA) is 0 Å². The van der Waals surface area contributed by atoms with E-state index in [1.54, 1.807) is 12.1 Å². The molecular formula is C38H55ClF2. The van der Waals surface area contributed by atoms with Crippen molar-refractivity contribution in [1.29, 1.82) is 0 Å². The molecule has 0 atom stereocenters. The van der Waals surface area contributed by atoms with Gasteiger partial charge in [0, 0.05) is 10.6 Å². The van der Waals surface area contributed by atoms with Crippen LogP contribution in [0.15, 0.2) is 36.4 Å². The van der Waals surface area contributed by atoms with Gasteiger partial charge in [-0.05, 0) is 97.6 Å². The van der Waals surface area contributed by atoms with Crippen molar-refractivity contribution < 1.29 is 8.78 Å². The molecule has 0 heterocycles. The molecule has 4 rings (SSSR count). The highest BCUT2D eigenvalue weighted by Gasteiger charge is 2.26. The molecule has 0 bridgehead atoms. The van der Waals surface area contributed by atoms with E-state index in [0.717, 1.165) is 41.7 Å². The minimum Gasteiger partial charge on any atom is -0.207 e. The lowest BCUT2D eigenvalue weighted by molar-refractivity contribution is 0.222. The second kappa shape index (κ2) is 17.6. The summed E-state index contributed by atoms with van der Waals surface area (Å²) in [5.74, 6) is 2.27. The van der Waals surface area contributed by atoms with Gasteiger partial charge in [-0.2, -0.15) is 0 Å². The lowest BCUT2D eigenvalue weighted by Gasteiger charge is -2.32. The zero-order valence-electron chi connectivity index (χ0n) is 25.8. The van der Waals surface area contributed by atoms with Gasteiger partial charge in [-0.3, -0.25) is 0 Å². The van der Waals surface area contributed by atoms with Crippen LogP contribution in [0.4, 0.5) is 8.78 Å². The molecule has 2 aliphatic carbocycles. The van der Waals surface area contributed by atoms with Crippen LogP contribution < -0.4 is 0 Å². The Bertz CT molecular complexity index is 976. The van der Waals surface area contributed by atoms with Crippen molar-refractivity contribution in [1.82, 2.24) is 0 Å². The largest absolute Gasteiger partial charge is 0.207 e. The number of aryl methyl sites for hydroxylation is 1. The summed E-state index contributed by atoms with van der Waals surface area (Å²) in [5.41, 5.74) is 2.12. The van der Waals surface area contributed by atoms with Gasteiger partial charge in [-0.25, -0.2) is 8.78 Å². The summed E-state index contributed by atoms with van der Waals surface area (Å²) in [5, 5.41) is 0.678. The number of rotatable bonds is 16. The van der Waals surface area contributed by atoms with Crippen LogP contribution in [0.2, 0.25) is 5.02 Å². The molecule has 0 saturated heterocycles. The zero-order valence-corrected chi connectivity index (χ0v) is 26.5. The minimum absolute atomic E-state index is 0.213. The highest BCUT2D eigenvalue weighted by atomic mass is 35.5. The predicted molar refractivity (Wildman–Crippen MR) is 172 cm³/mol. The molecule has 0 aliphatic heterocycles. The van der Waals surface area contributed by atoms with Gasteiger partial charge >= 0.3 is 0 Å². The molecule has 228 valence electrons. The van der Waals surface area contributed by atoms with Crippen LogP contribution in [-0.2, 0) is 12.8 Å². The Labute approximate surface area is 255 Å². The molecule has 2 aliphatic rings. The van der Waals surface area contributed by atoms with Crippen LogP contribution in [0.1, 0.15) is 152 Å². The molecule has 2 aromatic rings. The Hall–Kier alpha value is -1.41. The van der Waals surface area contributed by atoms with Crippen molar-refractivity contribution in [2.45, 2.75) is 148 Å². The van der Waals surface area contributed by atoms with E-state index < -0.39 is 0 Å². The van der Waals surface area contributed by atoms with Crippen molar-refractivity contribution in [3.63, 3.8) is 0 Å². The molecule has 3 heteroatoms. The van der Waals surface area contributed by atoms with Gasteiger partial charge in [0.1, 0.15) is 11.6 Å². The van der Waals surface area contributed by atoms with Crippen LogP contribution in [0.25, 0.3) is 0 Å². The maximum atomic E-state index is 15.0. The van der Waals surface area contributed by atoms with Gasteiger partial charge in [0.15, 0.2) is 0 Å². The molecule has 2 fully saturated rings. The predicted octanol–water partition coefficient (Wildman–Crippen LogP) is 12.8. The fourth-order valence-corrected chi connectivity index (χ4v) is 7.78. The molecule has 2 aromatic carbocycles. The average Bonchev–Trinajstić information content (AvgIpc) is 2.99. The fraction of sp³-hybridized carbons (Fsp3) is 0.684. The third kappa shape index (κ3) is 11.0. The maximum Gasteiger partial charge on any atom is 0.129 e. The summed E-state index contributed by atoms with van der Waals surface area (Å²) >= 11 is 5.95. The number of benzene rings is 2. The summed E-state index contributed by atoms with van der Waals surface area (Å²) in [4.78, 5) is 0. The Kier molecular flexibility index (Phi) is 14.0. The molecule has 0 unspecified atom stereocenters. The third-order valence-corrected chi connectivity index (χ3v) is 10.7. The number of hydrogen-bond donors (Lipinski definition) is 0. The first kappa shape index (κ1) is 32.5. The fourth-order valence-electron chi connectivity index (χ4n) is 7.65. The van der Waals surface area contributed by atoms with Crippen LogP contribution in [-0.4, -0.2) is 0 Å². The van der Waals surface area contributed by atoms with Gasteiger partial charge < -0.3 is 0 Å². The highest BCUT2D eigenvalue weighted by molar-refractivity contribution is 6.30. The van der Waals surface area contributed by atoms with E-state index in [4.69, 9.17) is 11.6 Å². The summed E-state index contributed by atoms with van der Waals surface area (Å²) in [6, 6.07) is 10.7. The van der Waals surface area contributed by atoms with E-state index in [-0.39, 0.29) is 17.2 Å². The SMILES string of the molecule is CCCCCCCCCCC1CCC(CCC2CCC(c3cc(F)c(CCc4ccc(Cl)cc4)c(F)c3)CC2)CC1. The lowest BCUT2D eigenvalue weighted by atomic mass is 9.74. The van der Waals surface area contributed by atoms with Gasteiger partial charge in [-0.15, -0.1) is 0 Å². The molecule has 0 nitrogen and oxygen atoms in total. The Morgan fingerprint density at radius 3 is 1.66 bits per heavy atom. The molecule has 0 amide bonds. The van der Waals surface area contributed by atoms with E-state index in [1.807, 2.05) is 24.3 Å². The monoisotopic (exact) mass is 584 g/mol. The van der Waals surface area contributed by atoms with Crippen molar-refractivity contribution in [2.75, 3.05) is 0 Å². The molecule has 0 N–H and O–H groups in total. The normalized spacial score (nSPS) is 23.1. The van der Waals surface area contributed by atoms with Crippen molar-refractivity contribution >= 4 is 11.6 Å². The van der Waals surface area contributed by atoms with Crippen LogP contribution >= 0.6 is 11.6 Å². The number of halogens is 3. The van der Waals surface area contributed by atoms with Gasteiger partial charge in [-0.1, -0.05) is 127 Å². The third-order valence-electron chi connectivity index (χ3n) is 10.5. The number of hydrogen-bond acceptors (Lipinski definition) is 0. The second-order valence-electron chi connectivity index (χ2n) is 13.5. The Morgan fingerprint density at radius 1 is 0.610 bits per heavy atom. The first-order valence-electron chi connectivity index (χ1n) is 17.2. The number of unbranched alkanes of at least 4 members (excludes halogenated alkanes) is 7. The van der Waals surface area contributed by atoms with Crippen molar-refractivity contribution in [2.24, 2.45) is 17.8 Å². The Morgan fingerprint density at radius 2 is 1.10 bits per heavy atom. The molecular weight excluding hydrogens is 530 g/mol. The minimum atomic E-state index is -0.380. The van der Waals surface area contributed by atoms with Gasteiger partial charge in [0.25, 0.3) is 0 Å². The molecule has 41 heavy (non-hydrogen) atoms. The van der Waals surface area contributed by atoms with E-state index >= 15 is 0 Å². The van der Waals surface area contributed by atoms with E-state index in [1.165, 1.54) is 109 Å². The van der Waals surface area contributed by atoms with Crippen molar-refractivity contribution in [3.05, 3.63) is 69.7 Å². The summed E-state index contributed by atoms with van der Waals surface area (Å²) < 4.78 is 29.9. The second-order valence-corrected chi connectivity index (χ2v) is 14.0. The first-order valence-corrected chi connectivity index (χ1v) is 17.6. The standard InChI is InChI=1S/C38H55ClF2/c1-2-3-4-5-6-7-8-9-10-29-11-13-30(14-12-29)15-16-31-17-22-33(23-18-31)34-27-37(40)36(38(41)28-34)26-21-32-19-24-35(39)25-20-32/h19-20,24-25,27-31,33H,2-18,21-23,26H2,1H3. The van der Waals surface area contributed by atoms with E-state index in [2.05, 4.69) is 6.92 Å². The quantitative estimate of drug-likeness (QED) is 0.172. The van der Waals surface area contributed by atoms with Crippen LogP contribution in [0.5, 0.6) is 0 Å². The zero-order chi connectivity index (χ0) is 28.9. The summed E-state index contributed by atoms with van der Waals surface area (Å²) in [6.07, 6.45) is 27.0. The maximum absolute atomic E-state index is 15.0. The van der Waals surface area contributed by atoms with Gasteiger partial charge in [0.05, 0.1) is 0 Å². The lowest BCUT2D eigenvalue weighted by Crippen LogP contribution is -2.18. The van der Waals surface area contributed by atoms with Crippen LogP contribution in [0, 0.1) is 29.4 Å². The molecule has 0 radical (unpaired) electrons. The summed E-state index contributed by atoms with van der Waals surface area (Å²) in [6.45, 7) is 2.29. The molecule has 2 saturated carbocycles. The Balaban J connectivity index is 1.10. The first-order chi connectivity index (χ1) is 20.0. The van der Waals surface area contributed by atoms with E-state index in [9.17, 15) is 8.78 Å². The van der Waals surface area contributed by atoms with Crippen LogP contribution in [0.3, 0.4) is 0 Å². The average molecular weight is 585 g/mol. The van der Waals surface area contributed by atoms with Crippen molar-refractivity contribution in [3.8, 4) is 0 Å².